The van der Waals surface area contributed by atoms with E-state index in [1.165, 1.54) is 14.2 Å². The maximum absolute atomic E-state index is 6.07. The summed E-state index contributed by atoms with van der Waals surface area (Å²) in [5.74, 6) is 1.33. The number of rotatable bonds is 7. The molecule has 0 amide bonds. The molecular formula is C15H27BrN2S. The molecule has 0 aliphatic rings. The van der Waals surface area contributed by atoms with Crippen LogP contribution in [0.2, 0.25) is 0 Å². The molecule has 0 fully saturated rings. The van der Waals surface area contributed by atoms with E-state index in [0.29, 0.717) is 24.4 Å². The smallest absolute Gasteiger partial charge is 0.0564 e. The summed E-state index contributed by atoms with van der Waals surface area (Å²) in [5.41, 5.74) is 6.07. The van der Waals surface area contributed by atoms with Crippen molar-refractivity contribution in [2.24, 2.45) is 17.6 Å². The zero-order valence-electron chi connectivity index (χ0n) is 12.7. The van der Waals surface area contributed by atoms with Gasteiger partial charge in [0.05, 0.1) is 6.04 Å². The molecule has 0 aliphatic carbocycles. The molecule has 4 heteroatoms. The number of halogens is 1. The van der Waals surface area contributed by atoms with Gasteiger partial charge in [-0.3, -0.25) is 4.90 Å². The van der Waals surface area contributed by atoms with Crippen LogP contribution in [0.5, 0.6) is 0 Å². The zero-order chi connectivity index (χ0) is 14.6. The van der Waals surface area contributed by atoms with Gasteiger partial charge < -0.3 is 5.73 Å². The zero-order valence-corrected chi connectivity index (χ0v) is 15.1. The Morgan fingerprint density at radius 3 is 2.05 bits per heavy atom. The molecule has 0 aliphatic heterocycles. The Hall–Kier alpha value is 0.100. The molecular weight excluding hydrogens is 320 g/mol. The van der Waals surface area contributed by atoms with Gasteiger partial charge in [0.1, 0.15) is 0 Å². The molecule has 0 radical (unpaired) electrons. The molecule has 110 valence electrons. The summed E-state index contributed by atoms with van der Waals surface area (Å²) in [7, 11) is 0. The second kappa shape index (κ2) is 7.77. The summed E-state index contributed by atoms with van der Waals surface area (Å²) in [4.78, 5) is 5.27. The number of thiophene rings is 1. The third kappa shape index (κ3) is 5.18. The minimum atomic E-state index is 0.347. The molecule has 1 aromatic rings. The second-order valence-corrected chi connectivity index (χ2v) is 8.19. The lowest BCUT2D eigenvalue weighted by Gasteiger charge is -2.33. The fraction of sp³-hybridized carbons (Fsp3) is 0.733. The van der Waals surface area contributed by atoms with E-state index in [0.717, 1.165) is 13.1 Å². The maximum atomic E-state index is 6.07. The van der Waals surface area contributed by atoms with Crippen LogP contribution >= 0.6 is 27.3 Å². The van der Waals surface area contributed by atoms with Gasteiger partial charge in [-0.05, 0) is 40.8 Å². The minimum Gasteiger partial charge on any atom is -0.329 e. The molecule has 19 heavy (non-hydrogen) atoms. The summed E-state index contributed by atoms with van der Waals surface area (Å²) in [6, 6.07) is 2.59. The van der Waals surface area contributed by atoms with Crippen LogP contribution in [-0.2, 0) is 0 Å². The molecule has 1 rings (SSSR count). The van der Waals surface area contributed by atoms with E-state index in [9.17, 15) is 0 Å². The molecule has 0 bridgehead atoms. The first kappa shape index (κ1) is 17.2. The van der Waals surface area contributed by atoms with E-state index in [1.807, 2.05) is 11.3 Å². The average molecular weight is 347 g/mol. The summed E-state index contributed by atoms with van der Waals surface area (Å²) < 4.78 is 1.21. The first-order valence-corrected chi connectivity index (χ1v) is 8.66. The lowest BCUT2D eigenvalue weighted by Crippen LogP contribution is -2.38. The van der Waals surface area contributed by atoms with E-state index in [4.69, 9.17) is 5.73 Å². The molecule has 0 saturated heterocycles. The Bertz CT molecular complexity index is 358. The van der Waals surface area contributed by atoms with Gasteiger partial charge in [0.25, 0.3) is 0 Å². The normalized spacial score (nSPS) is 13.8. The van der Waals surface area contributed by atoms with Crippen molar-refractivity contribution >= 4 is 27.3 Å². The summed E-state index contributed by atoms with van der Waals surface area (Å²) in [6.45, 7) is 14.1. The third-order valence-corrected chi connectivity index (χ3v) is 5.31. The first-order valence-electron chi connectivity index (χ1n) is 7.05. The van der Waals surface area contributed by atoms with Gasteiger partial charge in [0.15, 0.2) is 0 Å². The number of hydrogen-bond donors (Lipinski definition) is 1. The minimum absolute atomic E-state index is 0.347. The molecule has 1 aromatic heterocycles. The van der Waals surface area contributed by atoms with E-state index in [1.54, 1.807) is 0 Å². The summed E-state index contributed by atoms with van der Waals surface area (Å²) in [6.07, 6.45) is 0. The molecule has 2 N–H and O–H groups in total. The quantitative estimate of drug-likeness (QED) is 0.790. The Morgan fingerprint density at radius 1 is 1.21 bits per heavy atom. The first-order chi connectivity index (χ1) is 8.85. The lowest BCUT2D eigenvalue weighted by atomic mass is 10.1. The van der Waals surface area contributed by atoms with Gasteiger partial charge in [-0.1, -0.05) is 27.7 Å². The highest BCUT2D eigenvalue weighted by atomic mass is 79.9. The van der Waals surface area contributed by atoms with Gasteiger partial charge in [0.2, 0.25) is 0 Å². The van der Waals surface area contributed by atoms with Crippen LogP contribution in [0, 0.1) is 18.8 Å². The predicted molar refractivity (Wildman–Crippen MR) is 89.8 cm³/mol. The van der Waals surface area contributed by atoms with Gasteiger partial charge in [-0.2, -0.15) is 0 Å². The Balaban J connectivity index is 2.94. The van der Waals surface area contributed by atoms with Crippen LogP contribution in [0.15, 0.2) is 10.5 Å². The van der Waals surface area contributed by atoms with Crippen LogP contribution < -0.4 is 5.73 Å². The number of nitrogens with zero attached hydrogens (tertiary/aromatic N) is 1. The Kier molecular flexibility index (Phi) is 7.01. The Morgan fingerprint density at radius 2 is 1.74 bits per heavy atom. The SMILES string of the molecule is Cc1sc(C(CN)N(CC(C)C)CC(C)C)cc1Br. The van der Waals surface area contributed by atoms with E-state index in [-0.39, 0.29) is 0 Å². The number of hydrogen-bond acceptors (Lipinski definition) is 3. The molecule has 0 saturated carbocycles. The second-order valence-electron chi connectivity index (χ2n) is 6.05. The monoisotopic (exact) mass is 346 g/mol. The van der Waals surface area contributed by atoms with Crippen molar-refractivity contribution in [3.63, 3.8) is 0 Å². The Labute approximate surface area is 130 Å². The van der Waals surface area contributed by atoms with Crippen molar-refractivity contribution < 1.29 is 0 Å². The molecule has 1 heterocycles. The predicted octanol–water partition coefficient (Wildman–Crippen LogP) is 4.43. The summed E-state index contributed by atoms with van der Waals surface area (Å²) >= 11 is 5.48. The third-order valence-electron chi connectivity index (χ3n) is 3.07. The fourth-order valence-corrected chi connectivity index (χ4v) is 4.07. The van der Waals surface area contributed by atoms with Crippen molar-refractivity contribution in [2.45, 2.75) is 40.7 Å². The van der Waals surface area contributed by atoms with E-state index >= 15 is 0 Å². The highest BCUT2D eigenvalue weighted by Crippen LogP contribution is 2.33. The number of aryl methyl sites for hydroxylation is 1. The van der Waals surface area contributed by atoms with Crippen molar-refractivity contribution in [1.82, 2.24) is 4.90 Å². The molecule has 0 spiro atoms. The molecule has 1 unspecified atom stereocenters. The lowest BCUT2D eigenvalue weighted by molar-refractivity contribution is 0.162. The van der Waals surface area contributed by atoms with Gasteiger partial charge in [0, 0.05) is 33.9 Å². The van der Waals surface area contributed by atoms with Crippen molar-refractivity contribution in [3.8, 4) is 0 Å². The molecule has 1 atom stereocenters. The topological polar surface area (TPSA) is 29.3 Å². The molecule has 2 nitrogen and oxygen atoms in total. The van der Waals surface area contributed by atoms with Crippen LogP contribution in [0.25, 0.3) is 0 Å². The van der Waals surface area contributed by atoms with Gasteiger partial charge in [-0.15, -0.1) is 11.3 Å². The van der Waals surface area contributed by atoms with E-state index < -0.39 is 0 Å². The van der Waals surface area contributed by atoms with Crippen molar-refractivity contribution in [1.29, 1.82) is 0 Å². The summed E-state index contributed by atoms with van der Waals surface area (Å²) in [5, 5.41) is 0. The van der Waals surface area contributed by atoms with Crippen molar-refractivity contribution in [2.75, 3.05) is 19.6 Å². The largest absolute Gasteiger partial charge is 0.329 e. The standard InChI is InChI=1S/C15H27BrN2S/c1-10(2)8-18(9-11(3)4)14(7-17)15-6-13(16)12(5)19-15/h6,10-11,14H,7-9,17H2,1-5H3. The van der Waals surface area contributed by atoms with Gasteiger partial charge in [-0.25, -0.2) is 0 Å². The van der Waals surface area contributed by atoms with Crippen LogP contribution in [0.3, 0.4) is 0 Å². The fourth-order valence-electron chi connectivity index (χ4n) is 2.36. The van der Waals surface area contributed by atoms with Crippen molar-refractivity contribution in [3.05, 3.63) is 20.3 Å². The maximum Gasteiger partial charge on any atom is 0.0564 e. The van der Waals surface area contributed by atoms with Crippen LogP contribution in [0.1, 0.15) is 43.5 Å². The van der Waals surface area contributed by atoms with E-state index in [2.05, 4.69) is 61.5 Å². The van der Waals surface area contributed by atoms with Crippen LogP contribution in [-0.4, -0.2) is 24.5 Å². The van der Waals surface area contributed by atoms with Gasteiger partial charge >= 0.3 is 0 Å². The highest BCUT2D eigenvalue weighted by Gasteiger charge is 2.23. The van der Waals surface area contributed by atoms with Crippen LogP contribution in [0.4, 0.5) is 0 Å². The molecule has 0 aromatic carbocycles. The number of nitrogens with two attached hydrogens (primary N) is 1. The highest BCUT2D eigenvalue weighted by molar-refractivity contribution is 9.10. The average Bonchev–Trinajstić information content (AvgIpc) is 2.58.